The molecular weight excluding hydrogens is 433 g/mol. The van der Waals surface area contributed by atoms with Crippen molar-refractivity contribution < 1.29 is 33.7 Å². The number of nitrogens with one attached hydrogen (secondary N) is 1. The fraction of sp³-hybridized carbons (Fsp3) is 0.389. The number of carboxylic acids is 1. The molecule has 2 unspecified atom stereocenters. The van der Waals surface area contributed by atoms with E-state index in [0.717, 1.165) is 10.6 Å². The lowest BCUT2D eigenvalue weighted by molar-refractivity contribution is -0.148. The maximum absolute atomic E-state index is 12.6. The molecule has 5 atom stereocenters. The molecule has 2 aromatic rings. The molecular formula is C18H21N3O9P+. The van der Waals surface area contributed by atoms with Gasteiger partial charge in [-0.2, -0.15) is 0 Å². The molecule has 0 aliphatic carbocycles. The molecule has 166 valence electrons. The van der Waals surface area contributed by atoms with Crippen LogP contribution < -0.4 is 16.1 Å². The van der Waals surface area contributed by atoms with Crippen LogP contribution >= 0.6 is 8.18 Å². The van der Waals surface area contributed by atoms with Gasteiger partial charge in [-0.25, -0.2) is 4.79 Å². The summed E-state index contributed by atoms with van der Waals surface area (Å²) in [6.07, 6.45) is -1.58. The van der Waals surface area contributed by atoms with E-state index in [1.54, 1.807) is 30.3 Å². The highest BCUT2D eigenvalue weighted by molar-refractivity contribution is 7.36. The second-order valence-corrected chi connectivity index (χ2v) is 7.83. The van der Waals surface area contributed by atoms with E-state index in [0.29, 0.717) is 4.83 Å². The number of hydroxylamine groups is 1. The molecule has 1 fully saturated rings. The summed E-state index contributed by atoms with van der Waals surface area (Å²) in [6, 6.07) is 8.01. The van der Waals surface area contributed by atoms with Crippen LogP contribution in [0.1, 0.15) is 19.6 Å². The Kier molecular flexibility index (Phi) is 7.31. The van der Waals surface area contributed by atoms with Crippen LogP contribution in [0.15, 0.2) is 52.2 Å². The number of aliphatic hydroxyl groups excluding tert-OH is 1. The Morgan fingerprint density at radius 2 is 2.06 bits per heavy atom. The Morgan fingerprint density at radius 3 is 2.71 bits per heavy atom. The first kappa shape index (κ1) is 22.8. The van der Waals surface area contributed by atoms with Crippen LogP contribution in [-0.4, -0.2) is 55.4 Å². The third-order valence-corrected chi connectivity index (χ3v) is 5.63. The van der Waals surface area contributed by atoms with Gasteiger partial charge in [-0.15, -0.1) is 4.52 Å². The van der Waals surface area contributed by atoms with E-state index in [1.165, 1.54) is 13.1 Å². The summed E-state index contributed by atoms with van der Waals surface area (Å²) >= 11 is 0. The molecule has 1 saturated heterocycles. The van der Waals surface area contributed by atoms with Gasteiger partial charge in [-0.1, -0.05) is 18.2 Å². The monoisotopic (exact) mass is 454 g/mol. The number of H-pyrrole nitrogens is 1. The number of hydrogen-bond acceptors (Lipinski definition) is 8. The quantitative estimate of drug-likeness (QED) is 0.362. The Morgan fingerprint density at radius 1 is 1.35 bits per heavy atom. The predicted molar refractivity (Wildman–Crippen MR) is 105 cm³/mol. The minimum absolute atomic E-state index is 0.0342. The average molecular weight is 454 g/mol. The van der Waals surface area contributed by atoms with Crippen molar-refractivity contribution in [1.29, 1.82) is 0 Å². The molecule has 0 radical (unpaired) electrons. The summed E-state index contributed by atoms with van der Waals surface area (Å²) in [6.45, 7) is 0.924. The number of carbonyl (C=O) groups is 1. The van der Waals surface area contributed by atoms with Gasteiger partial charge >= 0.3 is 19.8 Å². The molecule has 0 spiro atoms. The second-order valence-electron chi connectivity index (χ2n) is 6.70. The number of aromatic amines is 1. The lowest BCUT2D eigenvalue weighted by Crippen LogP contribution is -2.37. The summed E-state index contributed by atoms with van der Waals surface area (Å²) in [5, 5.41) is 19.5. The minimum Gasteiger partial charge on any atom is -0.480 e. The first-order chi connectivity index (χ1) is 14.8. The first-order valence-electron chi connectivity index (χ1n) is 9.26. The third-order valence-electron chi connectivity index (χ3n) is 4.51. The highest BCUT2D eigenvalue weighted by Crippen LogP contribution is 2.35. The summed E-state index contributed by atoms with van der Waals surface area (Å²) in [5.74, 6) is -1.02. The van der Waals surface area contributed by atoms with Gasteiger partial charge < -0.3 is 19.8 Å². The van der Waals surface area contributed by atoms with Crippen molar-refractivity contribution in [3.63, 3.8) is 0 Å². The van der Waals surface area contributed by atoms with Crippen molar-refractivity contribution in [1.82, 2.24) is 14.4 Å². The number of benzene rings is 1. The normalized spacial score (nSPS) is 22.3. The van der Waals surface area contributed by atoms with Crippen molar-refractivity contribution >= 4 is 14.1 Å². The van der Waals surface area contributed by atoms with E-state index in [2.05, 4.69) is 4.98 Å². The molecule has 13 heteroatoms. The summed E-state index contributed by atoms with van der Waals surface area (Å²) in [4.78, 5) is 42.7. The standard InChI is InChI=1S/C18H20N3O9P/c1-11(17(24)25)21(30-12-5-3-2-4-6-12)31(27)28-10-14-13(22)9-16(29-14)20-8-7-15(23)19-18(20)26/h2-8,11,13-14,16,22H,9-10H2,1H3,(H-,19,23,24,25,26)/p+1/t11?,13-,14+,16+/m0/s1. The summed E-state index contributed by atoms with van der Waals surface area (Å²) < 4.78 is 24.6. The average Bonchev–Trinajstić information content (AvgIpc) is 3.10. The maximum Gasteiger partial charge on any atom is 0.653 e. The summed E-state index contributed by atoms with van der Waals surface area (Å²) in [7, 11) is -2.78. The zero-order valence-corrected chi connectivity index (χ0v) is 17.3. The van der Waals surface area contributed by atoms with Crippen LogP contribution in [0.3, 0.4) is 0 Å². The van der Waals surface area contributed by atoms with Crippen molar-refractivity contribution in [3.8, 4) is 5.75 Å². The first-order valence-corrected chi connectivity index (χ1v) is 10.4. The van der Waals surface area contributed by atoms with E-state index >= 15 is 0 Å². The highest BCUT2D eigenvalue weighted by Gasteiger charge is 2.44. The van der Waals surface area contributed by atoms with Gasteiger partial charge in [-0.05, 0) is 23.6 Å². The zero-order chi connectivity index (χ0) is 22.5. The van der Waals surface area contributed by atoms with E-state index in [1.807, 2.05) is 0 Å². The van der Waals surface area contributed by atoms with Crippen LogP contribution in [-0.2, 0) is 18.6 Å². The number of hydrogen-bond donors (Lipinski definition) is 3. The van der Waals surface area contributed by atoms with Crippen molar-refractivity contribution in [3.05, 3.63) is 63.4 Å². The third kappa shape index (κ3) is 5.63. The van der Waals surface area contributed by atoms with Crippen molar-refractivity contribution in [2.24, 2.45) is 0 Å². The molecule has 0 amide bonds. The molecule has 0 bridgehead atoms. The maximum atomic E-state index is 12.6. The smallest absolute Gasteiger partial charge is 0.480 e. The van der Waals surface area contributed by atoms with E-state index in [4.69, 9.17) is 14.1 Å². The fourth-order valence-corrected chi connectivity index (χ4v) is 3.75. The molecule has 1 aromatic carbocycles. The van der Waals surface area contributed by atoms with Gasteiger partial charge in [0.2, 0.25) is 0 Å². The Bertz CT molecular complexity index is 1040. The number of carboxylic acid groups (broad SMARTS) is 1. The van der Waals surface area contributed by atoms with Gasteiger partial charge in [-0.3, -0.25) is 19.1 Å². The van der Waals surface area contributed by atoms with Crippen LogP contribution in [0.25, 0.3) is 0 Å². The fourth-order valence-electron chi connectivity index (χ4n) is 2.82. The lowest BCUT2D eigenvalue weighted by Gasteiger charge is -2.16. The predicted octanol–water partition coefficient (Wildman–Crippen LogP) is 0.628. The van der Waals surface area contributed by atoms with E-state index in [9.17, 15) is 29.2 Å². The van der Waals surface area contributed by atoms with Crippen LogP contribution in [0.5, 0.6) is 5.75 Å². The Labute approximate surface area is 176 Å². The molecule has 3 rings (SSSR count). The van der Waals surface area contributed by atoms with E-state index < -0.39 is 49.9 Å². The molecule has 2 heterocycles. The van der Waals surface area contributed by atoms with Crippen LogP contribution in [0, 0.1) is 0 Å². The number of rotatable bonds is 9. The number of aliphatic carboxylic acids is 1. The van der Waals surface area contributed by atoms with Gasteiger partial charge in [0, 0.05) is 18.7 Å². The SMILES string of the molecule is CC(C(=O)O)N(Oc1ccccc1)[P+](=O)OC[C@H]1O[C@@H](n2ccc(=O)[nH]c2=O)C[C@@H]1O. The van der Waals surface area contributed by atoms with Crippen LogP contribution in [0.4, 0.5) is 0 Å². The van der Waals surface area contributed by atoms with Gasteiger partial charge in [0.15, 0.2) is 11.8 Å². The number of para-hydroxylation sites is 1. The molecule has 1 aromatic heterocycles. The highest BCUT2D eigenvalue weighted by atomic mass is 31.1. The molecule has 31 heavy (non-hydrogen) atoms. The Hall–Kier alpha value is -2.89. The molecule has 12 nitrogen and oxygen atoms in total. The van der Waals surface area contributed by atoms with Gasteiger partial charge in [0.1, 0.15) is 23.8 Å². The minimum atomic E-state index is -2.78. The number of aliphatic hydroxyl groups is 1. The summed E-state index contributed by atoms with van der Waals surface area (Å²) in [5.41, 5.74) is -1.27. The second kappa shape index (κ2) is 9.94. The zero-order valence-electron chi connectivity index (χ0n) is 16.4. The number of aromatic nitrogens is 2. The van der Waals surface area contributed by atoms with Crippen LogP contribution in [0.2, 0.25) is 0 Å². The molecule has 1 aliphatic rings. The topological polar surface area (TPSA) is 160 Å². The molecule has 3 N–H and O–H groups in total. The number of nitrogens with zero attached hydrogens (tertiary/aromatic N) is 2. The molecule has 0 saturated carbocycles. The largest absolute Gasteiger partial charge is 0.653 e. The van der Waals surface area contributed by atoms with Gasteiger partial charge in [0.05, 0.1) is 6.10 Å². The Balaban J connectivity index is 1.65. The van der Waals surface area contributed by atoms with E-state index in [-0.39, 0.29) is 18.8 Å². The van der Waals surface area contributed by atoms with Gasteiger partial charge in [0.25, 0.3) is 5.56 Å². The van der Waals surface area contributed by atoms with Crippen molar-refractivity contribution in [2.45, 2.75) is 37.8 Å². The number of ether oxygens (including phenoxy) is 1. The van der Waals surface area contributed by atoms with Crippen molar-refractivity contribution in [2.75, 3.05) is 6.61 Å². The molecule has 1 aliphatic heterocycles. The lowest BCUT2D eigenvalue weighted by atomic mass is 10.2.